The van der Waals surface area contributed by atoms with Crippen molar-refractivity contribution in [2.45, 2.75) is 31.3 Å². The highest BCUT2D eigenvalue weighted by Crippen LogP contribution is 2.22. The van der Waals surface area contributed by atoms with Gasteiger partial charge in [0.05, 0.1) is 0 Å². The third kappa shape index (κ3) is 6.47. The fourth-order valence-electron chi connectivity index (χ4n) is 2.72. The Labute approximate surface area is 159 Å². The number of ether oxygens (including phenoxy) is 1. The predicted molar refractivity (Wildman–Crippen MR) is 101 cm³/mol. The number of rotatable bonds is 7. The summed E-state index contributed by atoms with van der Waals surface area (Å²) < 4.78 is 5.47. The Kier molecular flexibility index (Phi) is 9.21. The van der Waals surface area contributed by atoms with Crippen molar-refractivity contribution in [2.24, 2.45) is 0 Å². The molecule has 25 heavy (non-hydrogen) atoms. The van der Waals surface area contributed by atoms with E-state index in [1.54, 1.807) is 31.4 Å². The van der Waals surface area contributed by atoms with E-state index in [1.165, 1.54) is 0 Å². The summed E-state index contributed by atoms with van der Waals surface area (Å²) in [7, 11) is 1.57. The molecule has 2 rings (SSSR count). The van der Waals surface area contributed by atoms with Gasteiger partial charge in [-0.1, -0.05) is 11.6 Å². The van der Waals surface area contributed by atoms with Gasteiger partial charge in [0.2, 0.25) is 5.91 Å². The fourth-order valence-corrected chi connectivity index (χ4v) is 2.85. The highest BCUT2D eigenvalue weighted by molar-refractivity contribution is 6.30. The summed E-state index contributed by atoms with van der Waals surface area (Å²) >= 11 is 5.80. The zero-order valence-corrected chi connectivity index (χ0v) is 15.8. The Morgan fingerprint density at radius 3 is 2.48 bits per heavy atom. The topological polar surface area (TPSA) is 79.5 Å². The van der Waals surface area contributed by atoms with Crippen LogP contribution in [0.3, 0.4) is 0 Å². The number of benzene rings is 1. The van der Waals surface area contributed by atoms with Gasteiger partial charge < -0.3 is 20.7 Å². The molecule has 1 aromatic rings. The normalized spacial score (nSPS) is 15.8. The molecule has 140 valence electrons. The van der Waals surface area contributed by atoms with Crippen LogP contribution in [-0.4, -0.2) is 44.2 Å². The first-order valence-corrected chi connectivity index (χ1v) is 8.53. The molecule has 0 saturated carbocycles. The minimum atomic E-state index is -0.739. The molecule has 2 amide bonds. The number of halogens is 2. The first-order chi connectivity index (χ1) is 11.6. The van der Waals surface area contributed by atoms with Gasteiger partial charge in [-0.25, -0.2) is 0 Å². The molecular weight excluding hydrogens is 365 g/mol. The molecule has 1 heterocycles. The van der Waals surface area contributed by atoms with Gasteiger partial charge in [-0.2, -0.15) is 0 Å². The molecule has 8 heteroatoms. The van der Waals surface area contributed by atoms with Gasteiger partial charge in [0.15, 0.2) is 0 Å². The second kappa shape index (κ2) is 10.6. The summed E-state index contributed by atoms with van der Waals surface area (Å²) in [6, 6.07) is 6.95. The maximum absolute atomic E-state index is 12.3. The van der Waals surface area contributed by atoms with Crippen LogP contribution in [0.2, 0.25) is 5.02 Å². The van der Waals surface area contributed by atoms with Crippen LogP contribution in [-0.2, 0) is 14.3 Å². The summed E-state index contributed by atoms with van der Waals surface area (Å²) in [6.45, 7) is 1.99. The number of methoxy groups -OCH3 is 1. The molecule has 1 fully saturated rings. The number of carbonyl (C=O) groups is 2. The van der Waals surface area contributed by atoms with E-state index in [1.807, 2.05) is 0 Å². The van der Waals surface area contributed by atoms with Crippen LogP contribution in [0.25, 0.3) is 0 Å². The van der Waals surface area contributed by atoms with Gasteiger partial charge in [0.25, 0.3) is 5.91 Å². The lowest BCUT2D eigenvalue weighted by Crippen LogP contribution is -2.54. The largest absolute Gasteiger partial charge is 0.368 e. The minimum absolute atomic E-state index is 0. The molecule has 1 saturated heterocycles. The van der Waals surface area contributed by atoms with E-state index in [2.05, 4.69) is 16.0 Å². The van der Waals surface area contributed by atoms with Crippen molar-refractivity contribution >= 4 is 41.5 Å². The van der Waals surface area contributed by atoms with Crippen molar-refractivity contribution in [3.05, 3.63) is 29.3 Å². The molecule has 6 nitrogen and oxygen atoms in total. The number of anilines is 1. The van der Waals surface area contributed by atoms with Crippen molar-refractivity contribution in [2.75, 3.05) is 32.1 Å². The van der Waals surface area contributed by atoms with E-state index in [9.17, 15) is 9.59 Å². The van der Waals surface area contributed by atoms with Gasteiger partial charge in [-0.05, 0) is 56.6 Å². The quantitative estimate of drug-likeness (QED) is 0.625. The molecule has 0 unspecified atom stereocenters. The first kappa shape index (κ1) is 21.7. The van der Waals surface area contributed by atoms with Crippen molar-refractivity contribution in [3.63, 3.8) is 0 Å². The molecule has 1 aromatic carbocycles. The van der Waals surface area contributed by atoms with E-state index in [0.717, 1.165) is 13.1 Å². The lowest BCUT2D eigenvalue weighted by Gasteiger charge is -2.34. The molecule has 0 radical (unpaired) electrons. The molecule has 0 atom stereocenters. The molecule has 0 bridgehead atoms. The van der Waals surface area contributed by atoms with E-state index in [4.69, 9.17) is 16.3 Å². The van der Waals surface area contributed by atoms with Gasteiger partial charge in [-0.15, -0.1) is 12.4 Å². The first-order valence-electron chi connectivity index (χ1n) is 8.15. The summed E-state index contributed by atoms with van der Waals surface area (Å²) in [6.07, 6.45) is 2.23. The molecule has 0 aliphatic carbocycles. The summed E-state index contributed by atoms with van der Waals surface area (Å²) in [4.78, 5) is 24.2. The Balaban J connectivity index is 0.00000312. The number of piperidine rings is 1. The van der Waals surface area contributed by atoms with Crippen molar-refractivity contribution in [1.29, 1.82) is 0 Å². The summed E-state index contributed by atoms with van der Waals surface area (Å²) in [5, 5.41) is 9.52. The van der Waals surface area contributed by atoms with Crippen LogP contribution in [0.15, 0.2) is 24.3 Å². The van der Waals surface area contributed by atoms with Gasteiger partial charge in [0, 0.05) is 30.8 Å². The number of carbonyl (C=O) groups excluding carboxylic acids is 2. The maximum atomic E-state index is 12.3. The molecule has 1 aliphatic heterocycles. The van der Waals surface area contributed by atoms with E-state index >= 15 is 0 Å². The third-order valence-electron chi connectivity index (χ3n) is 4.21. The lowest BCUT2D eigenvalue weighted by atomic mass is 9.91. The maximum Gasteiger partial charge on any atom is 0.252 e. The Bertz CT molecular complexity index is 561. The van der Waals surface area contributed by atoms with Crippen LogP contribution in [0, 0.1) is 0 Å². The number of nitrogens with one attached hydrogen (secondary N) is 3. The number of hydrogen-bond donors (Lipinski definition) is 3. The van der Waals surface area contributed by atoms with Crippen LogP contribution < -0.4 is 16.0 Å². The summed E-state index contributed by atoms with van der Waals surface area (Å²) in [5.74, 6) is -0.181. The third-order valence-corrected chi connectivity index (χ3v) is 4.46. The van der Waals surface area contributed by atoms with Gasteiger partial charge in [-0.3, -0.25) is 9.59 Å². The SMILES string of the molecule is COC1(C(=O)NCCCC(=O)Nc2ccc(Cl)cc2)CCNCC1.Cl. The lowest BCUT2D eigenvalue weighted by molar-refractivity contribution is -0.146. The average molecular weight is 390 g/mol. The standard InChI is InChI=1S/C17H24ClN3O3.ClH/c1-24-17(8-11-19-12-9-17)16(23)20-10-2-3-15(22)21-14-6-4-13(18)5-7-14;/h4-7,19H,2-3,8-12H2,1H3,(H,20,23)(H,21,22);1H. The van der Waals surface area contributed by atoms with Gasteiger partial charge in [0.1, 0.15) is 5.60 Å². The second-order valence-electron chi connectivity index (χ2n) is 5.86. The van der Waals surface area contributed by atoms with E-state index in [0.29, 0.717) is 42.9 Å². The summed E-state index contributed by atoms with van der Waals surface area (Å²) in [5.41, 5.74) is -0.0296. The second-order valence-corrected chi connectivity index (χ2v) is 6.30. The molecule has 0 spiro atoms. The Hall–Kier alpha value is -1.34. The number of hydrogen-bond acceptors (Lipinski definition) is 4. The molecule has 3 N–H and O–H groups in total. The zero-order chi connectivity index (χ0) is 17.4. The van der Waals surface area contributed by atoms with Gasteiger partial charge >= 0.3 is 0 Å². The predicted octanol–water partition coefficient (Wildman–Crippen LogP) is 2.37. The molecule has 1 aliphatic rings. The van der Waals surface area contributed by atoms with Crippen LogP contribution >= 0.6 is 24.0 Å². The van der Waals surface area contributed by atoms with Crippen molar-refractivity contribution in [1.82, 2.24) is 10.6 Å². The molecular formula is C17H25Cl2N3O3. The van der Waals surface area contributed by atoms with E-state index < -0.39 is 5.60 Å². The highest BCUT2D eigenvalue weighted by Gasteiger charge is 2.39. The van der Waals surface area contributed by atoms with Crippen molar-refractivity contribution < 1.29 is 14.3 Å². The number of amides is 2. The average Bonchev–Trinajstić information content (AvgIpc) is 2.61. The molecule has 0 aromatic heterocycles. The smallest absolute Gasteiger partial charge is 0.252 e. The van der Waals surface area contributed by atoms with Crippen LogP contribution in [0.4, 0.5) is 5.69 Å². The fraction of sp³-hybridized carbons (Fsp3) is 0.529. The monoisotopic (exact) mass is 389 g/mol. The van der Waals surface area contributed by atoms with Crippen molar-refractivity contribution in [3.8, 4) is 0 Å². The Morgan fingerprint density at radius 1 is 1.24 bits per heavy atom. The zero-order valence-electron chi connectivity index (χ0n) is 14.3. The van der Waals surface area contributed by atoms with Crippen LogP contribution in [0.1, 0.15) is 25.7 Å². The highest BCUT2D eigenvalue weighted by atomic mass is 35.5. The van der Waals surface area contributed by atoms with E-state index in [-0.39, 0.29) is 24.2 Å². The Morgan fingerprint density at radius 2 is 1.88 bits per heavy atom. The van der Waals surface area contributed by atoms with Crippen LogP contribution in [0.5, 0.6) is 0 Å². The minimum Gasteiger partial charge on any atom is -0.368 e.